The van der Waals surface area contributed by atoms with Crippen LogP contribution >= 0.6 is 0 Å². The quantitative estimate of drug-likeness (QED) is 0.522. The summed E-state index contributed by atoms with van der Waals surface area (Å²) in [6, 6.07) is 5.46. The number of carbonyl (C=O) groups is 2. The van der Waals surface area contributed by atoms with Gasteiger partial charge in [-0.05, 0) is 24.3 Å². The van der Waals surface area contributed by atoms with Crippen LogP contribution in [-0.2, 0) is 19.6 Å². The van der Waals surface area contributed by atoms with E-state index in [-0.39, 0.29) is 29.5 Å². The van der Waals surface area contributed by atoms with Crippen molar-refractivity contribution in [2.24, 2.45) is 0 Å². The number of carbonyl (C=O) groups excluding carboxylic acids is 2. The Hall–Kier alpha value is -1.97. The molecule has 1 rings (SSSR count). The lowest BCUT2D eigenvalue weighted by atomic mass is 10.2. The maximum atomic E-state index is 11.9. The van der Waals surface area contributed by atoms with Gasteiger partial charge in [0.2, 0.25) is 15.9 Å². The number of nitrogens with one attached hydrogen (secondary N) is 3. The van der Waals surface area contributed by atoms with Crippen LogP contribution in [0.4, 0.5) is 0 Å². The summed E-state index contributed by atoms with van der Waals surface area (Å²) in [6.07, 6.45) is 0. The normalized spacial score (nSPS) is 11.0. The lowest BCUT2D eigenvalue weighted by Crippen LogP contribution is -2.38. The molecule has 0 unspecified atom stereocenters. The zero-order chi connectivity index (χ0) is 17.3. The highest BCUT2D eigenvalue weighted by atomic mass is 32.2. The van der Waals surface area contributed by atoms with Crippen molar-refractivity contribution in [3.8, 4) is 0 Å². The minimum atomic E-state index is -3.55. The number of rotatable bonds is 9. The van der Waals surface area contributed by atoms with Crippen LogP contribution in [-0.4, -0.2) is 53.6 Å². The SMILES string of the molecule is CCNS(=O)(=O)c1ccc(C(=O)NCC(=O)NCCOC)cc1. The number of methoxy groups -OCH3 is 1. The highest BCUT2D eigenvalue weighted by Gasteiger charge is 2.14. The van der Waals surface area contributed by atoms with Crippen LogP contribution in [0.1, 0.15) is 17.3 Å². The largest absolute Gasteiger partial charge is 0.383 e. The molecule has 0 bridgehead atoms. The molecule has 2 amide bonds. The first-order chi connectivity index (χ1) is 10.9. The van der Waals surface area contributed by atoms with Gasteiger partial charge >= 0.3 is 0 Å². The summed E-state index contributed by atoms with van der Waals surface area (Å²) >= 11 is 0. The molecule has 0 aromatic heterocycles. The van der Waals surface area contributed by atoms with Crippen molar-refractivity contribution < 1.29 is 22.7 Å². The minimum absolute atomic E-state index is 0.0770. The lowest BCUT2D eigenvalue weighted by molar-refractivity contribution is -0.120. The number of amides is 2. The van der Waals surface area contributed by atoms with Crippen LogP contribution in [0.15, 0.2) is 29.2 Å². The molecule has 8 nitrogen and oxygen atoms in total. The van der Waals surface area contributed by atoms with E-state index in [1.807, 2.05) is 0 Å². The van der Waals surface area contributed by atoms with Crippen molar-refractivity contribution in [1.29, 1.82) is 0 Å². The van der Waals surface area contributed by atoms with E-state index in [1.165, 1.54) is 31.4 Å². The van der Waals surface area contributed by atoms with Crippen molar-refractivity contribution in [1.82, 2.24) is 15.4 Å². The summed E-state index contributed by atoms with van der Waals surface area (Å²) in [6.45, 7) is 2.55. The zero-order valence-corrected chi connectivity index (χ0v) is 13.9. The number of ether oxygens (including phenoxy) is 1. The molecule has 1 aromatic carbocycles. The highest BCUT2D eigenvalue weighted by Crippen LogP contribution is 2.10. The molecular weight excluding hydrogens is 322 g/mol. The fourth-order valence-electron chi connectivity index (χ4n) is 1.68. The summed E-state index contributed by atoms with van der Waals surface area (Å²) in [5, 5.41) is 5.02. The monoisotopic (exact) mass is 343 g/mol. The van der Waals surface area contributed by atoms with Gasteiger partial charge in [-0.1, -0.05) is 6.92 Å². The predicted octanol–water partition coefficient (Wildman–Crippen LogP) is -0.523. The molecule has 23 heavy (non-hydrogen) atoms. The van der Waals surface area contributed by atoms with E-state index < -0.39 is 15.9 Å². The van der Waals surface area contributed by atoms with E-state index in [0.29, 0.717) is 13.2 Å². The van der Waals surface area contributed by atoms with Crippen LogP contribution in [0.5, 0.6) is 0 Å². The Balaban J connectivity index is 2.56. The van der Waals surface area contributed by atoms with Crippen LogP contribution in [0, 0.1) is 0 Å². The highest BCUT2D eigenvalue weighted by molar-refractivity contribution is 7.89. The lowest BCUT2D eigenvalue weighted by Gasteiger charge is -2.08. The van der Waals surface area contributed by atoms with Gasteiger partial charge in [0.1, 0.15) is 0 Å². The summed E-state index contributed by atoms with van der Waals surface area (Å²) in [5.41, 5.74) is 0.269. The first-order valence-corrected chi connectivity index (χ1v) is 8.52. The molecule has 0 radical (unpaired) electrons. The van der Waals surface area contributed by atoms with Crippen LogP contribution in [0.25, 0.3) is 0 Å². The molecule has 0 aliphatic heterocycles. The van der Waals surface area contributed by atoms with Gasteiger partial charge in [0.15, 0.2) is 0 Å². The maximum absolute atomic E-state index is 11.9. The Bertz CT molecular complexity index is 628. The van der Waals surface area contributed by atoms with Gasteiger partial charge in [-0.25, -0.2) is 13.1 Å². The van der Waals surface area contributed by atoms with Crippen molar-refractivity contribution in [2.75, 3.05) is 33.4 Å². The summed E-state index contributed by atoms with van der Waals surface area (Å²) in [4.78, 5) is 23.4. The summed E-state index contributed by atoms with van der Waals surface area (Å²) in [5.74, 6) is -0.791. The molecule has 128 valence electrons. The molecule has 9 heteroatoms. The number of benzene rings is 1. The zero-order valence-electron chi connectivity index (χ0n) is 13.1. The first-order valence-electron chi connectivity index (χ1n) is 7.04. The van der Waals surface area contributed by atoms with Gasteiger partial charge in [0, 0.05) is 25.8 Å². The minimum Gasteiger partial charge on any atom is -0.383 e. The fraction of sp³-hybridized carbons (Fsp3) is 0.429. The number of sulfonamides is 1. The average molecular weight is 343 g/mol. The summed E-state index contributed by atoms with van der Waals surface area (Å²) < 4.78 is 30.7. The molecular formula is C14H21N3O5S. The van der Waals surface area contributed by atoms with Gasteiger partial charge in [-0.3, -0.25) is 9.59 Å². The van der Waals surface area contributed by atoms with E-state index in [9.17, 15) is 18.0 Å². The van der Waals surface area contributed by atoms with E-state index in [1.54, 1.807) is 6.92 Å². The second-order valence-corrected chi connectivity index (χ2v) is 6.32. The third-order valence-electron chi connectivity index (χ3n) is 2.80. The standard InChI is InChI=1S/C14H21N3O5S/c1-3-17-23(20,21)12-6-4-11(5-7-12)14(19)16-10-13(18)15-8-9-22-2/h4-7,17H,3,8-10H2,1-2H3,(H,15,18)(H,16,19). The smallest absolute Gasteiger partial charge is 0.251 e. The van der Waals surface area contributed by atoms with E-state index in [2.05, 4.69) is 15.4 Å². The molecule has 0 saturated carbocycles. The Morgan fingerprint density at radius 3 is 2.35 bits per heavy atom. The maximum Gasteiger partial charge on any atom is 0.251 e. The third kappa shape index (κ3) is 6.35. The fourth-order valence-corrected chi connectivity index (χ4v) is 2.72. The van der Waals surface area contributed by atoms with Crippen molar-refractivity contribution in [3.05, 3.63) is 29.8 Å². The molecule has 0 heterocycles. The summed E-state index contributed by atoms with van der Waals surface area (Å²) in [7, 11) is -2.03. The number of hydrogen-bond acceptors (Lipinski definition) is 5. The molecule has 0 saturated heterocycles. The molecule has 1 aromatic rings. The Labute approximate surface area is 135 Å². The predicted molar refractivity (Wildman–Crippen MR) is 84.5 cm³/mol. The second kappa shape index (κ2) is 9.23. The molecule has 3 N–H and O–H groups in total. The van der Waals surface area contributed by atoms with Gasteiger partial charge in [0.25, 0.3) is 5.91 Å². The topological polar surface area (TPSA) is 114 Å². The van der Waals surface area contributed by atoms with Crippen molar-refractivity contribution >= 4 is 21.8 Å². The second-order valence-electron chi connectivity index (χ2n) is 4.55. The molecule has 0 fully saturated rings. The Morgan fingerprint density at radius 1 is 1.13 bits per heavy atom. The molecule has 0 atom stereocenters. The van der Waals surface area contributed by atoms with Gasteiger partial charge in [-0.15, -0.1) is 0 Å². The molecule has 0 aliphatic rings. The Kier molecular flexibility index (Phi) is 7.66. The van der Waals surface area contributed by atoms with E-state index in [4.69, 9.17) is 4.74 Å². The van der Waals surface area contributed by atoms with Gasteiger partial charge in [-0.2, -0.15) is 0 Å². The molecule has 0 aliphatic carbocycles. The average Bonchev–Trinajstić information content (AvgIpc) is 2.53. The van der Waals surface area contributed by atoms with Gasteiger partial charge in [0.05, 0.1) is 18.0 Å². The van der Waals surface area contributed by atoms with E-state index in [0.717, 1.165) is 0 Å². The molecule has 0 spiro atoms. The van der Waals surface area contributed by atoms with Crippen LogP contribution < -0.4 is 15.4 Å². The van der Waals surface area contributed by atoms with Crippen molar-refractivity contribution in [2.45, 2.75) is 11.8 Å². The number of hydrogen-bond donors (Lipinski definition) is 3. The van der Waals surface area contributed by atoms with Crippen LogP contribution in [0.3, 0.4) is 0 Å². The van der Waals surface area contributed by atoms with Crippen molar-refractivity contribution in [3.63, 3.8) is 0 Å². The Morgan fingerprint density at radius 2 is 1.78 bits per heavy atom. The van der Waals surface area contributed by atoms with Crippen LogP contribution in [0.2, 0.25) is 0 Å². The van der Waals surface area contributed by atoms with E-state index >= 15 is 0 Å². The van der Waals surface area contributed by atoms with Gasteiger partial charge < -0.3 is 15.4 Å². The first kappa shape index (κ1) is 19.1. The third-order valence-corrected chi connectivity index (χ3v) is 4.36.